The fourth-order valence-electron chi connectivity index (χ4n) is 3.77. The number of fused-ring (bicyclic) bond motifs is 1. The summed E-state index contributed by atoms with van der Waals surface area (Å²) in [5.41, 5.74) is 2.24. The molecule has 0 unspecified atom stereocenters. The molecule has 1 saturated carbocycles. The molecule has 1 saturated heterocycles. The summed E-state index contributed by atoms with van der Waals surface area (Å²) < 4.78 is 0. The SMILES string of the molecule is CN(C)c1ncnc2ccc(N3CCN(Cc4nnc(C5CC5)s4)CC3)cc12. The molecule has 0 amide bonds. The van der Waals surface area contributed by atoms with E-state index in [1.807, 2.05) is 19.0 Å². The number of hydrogen-bond acceptors (Lipinski definition) is 8. The highest BCUT2D eigenvalue weighted by Gasteiger charge is 2.28. The Hall–Kier alpha value is -2.32. The molecule has 0 radical (unpaired) electrons. The lowest BCUT2D eigenvalue weighted by Gasteiger charge is -2.35. The molecule has 146 valence electrons. The van der Waals surface area contributed by atoms with Crippen molar-refractivity contribution in [1.29, 1.82) is 0 Å². The van der Waals surface area contributed by atoms with Crippen LogP contribution in [0.4, 0.5) is 11.5 Å². The van der Waals surface area contributed by atoms with Crippen LogP contribution in [0.25, 0.3) is 10.9 Å². The fourth-order valence-corrected chi connectivity index (χ4v) is 4.82. The maximum Gasteiger partial charge on any atom is 0.139 e. The van der Waals surface area contributed by atoms with E-state index in [1.165, 1.54) is 23.5 Å². The summed E-state index contributed by atoms with van der Waals surface area (Å²) >= 11 is 1.80. The predicted molar refractivity (Wildman–Crippen MR) is 113 cm³/mol. The van der Waals surface area contributed by atoms with E-state index in [9.17, 15) is 0 Å². The summed E-state index contributed by atoms with van der Waals surface area (Å²) in [4.78, 5) is 15.8. The number of aromatic nitrogens is 4. The maximum atomic E-state index is 4.45. The van der Waals surface area contributed by atoms with Gasteiger partial charge in [0.2, 0.25) is 0 Å². The lowest BCUT2D eigenvalue weighted by molar-refractivity contribution is 0.249. The molecule has 1 aliphatic carbocycles. The second kappa shape index (κ2) is 7.25. The minimum atomic E-state index is 0.701. The highest BCUT2D eigenvalue weighted by atomic mass is 32.1. The van der Waals surface area contributed by atoms with Gasteiger partial charge in [-0.25, -0.2) is 9.97 Å². The van der Waals surface area contributed by atoms with Crippen molar-refractivity contribution < 1.29 is 0 Å². The number of hydrogen-bond donors (Lipinski definition) is 0. The number of benzene rings is 1. The van der Waals surface area contributed by atoms with Crippen LogP contribution in [0, 0.1) is 0 Å². The summed E-state index contributed by atoms with van der Waals surface area (Å²) in [5.74, 6) is 1.67. The van der Waals surface area contributed by atoms with Crippen LogP contribution in [0.3, 0.4) is 0 Å². The molecule has 0 spiro atoms. The molecule has 3 aromatic rings. The zero-order valence-electron chi connectivity index (χ0n) is 16.4. The molecule has 2 aliphatic rings. The van der Waals surface area contributed by atoms with E-state index in [2.05, 4.69) is 48.2 Å². The van der Waals surface area contributed by atoms with Crippen molar-refractivity contribution in [3.05, 3.63) is 34.5 Å². The topological polar surface area (TPSA) is 61.3 Å². The summed E-state index contributed by atoms with van der Waals surface area (Å²) in [5, 5.41) is 12.3. The third-order valence-electron chi connectivity index (χ3n) is 5.53. The van der Waals surface area contributed by atoms with Gasteiger partial charge in [-0.15, -0.1) is 10.2 Å². The summed E-state index contributed by atoms with van der Waals surface area (Å²) in [7, 11) is 4.05. The quantitative estimate of drug-likeness (QED) is 0.658. The molecule has 0 atom stereocenters. The Morgan fingerprint density at radius 3 is 2.64 bits per heavy atom. The number of anilines is 2. The van der Waals surface area contributed by atoms with Crippen LogP contribution in [0.1, 0.15) is 28.8 Å². The first-order valence-corrected chi connectivity index (χ1v) is 10.7. The van der Waals surface area contributed by atoms with E-state index in [0.717, 1.165) is 54.5 Å². The van der Waals surface area contributed by atoms with Crippen molar-refractivity contribution in [1.82, 2.24) is 25.1 Å². The molecular weight excluding hydrogens is 370 g/mol. The highest BCUT2D eigenvalue weighted by molar-refractivity contribution is 7.11. The summed E-state index contributed by atoms with van der Waals surface area (Å²) in [6, 6.07) is 6.51. The molecule has 3 heterocycles. The van der Waals surface area contributed by atoms with Crippen molar-refractivity contribution in [3.63, 3.8) is 0 Å². The average Bonchev–Trinajstić information content (AvgIpc) is 3.47. The van der Waals surface area contributed by atoms with E-state index < -0.39 is 0 Å². The lowest BCUT2D eigenvalue weighted by Crippen LogP contribution is -2.45. The molecular formula is C20H25N7S. The minimum absolute atomic E-state index is 0.701. The predicted octanol–water partition coefficient (Wildman–Crippen LogP) is 2.75. The maximum absolute atomic E-state index is 4.45. The van der Waals surface area contributed by atoms with Crippen LogP contribution in [-0.4, -0.2) is 65.3 Å². The Kier molecular flexibility index (Phi) is 4.60. The molecule has 0 N–H and O–H groups in total. The van der Waals surface area contributed by atoms with Crippen molar-refractivity contribution in [3.8, 4) is 0 Å². The van der Waals surface area contributed by atoms with Crippen molar-refractivity contribution in [2.24, 2.45) is 0 Å². The van der Waals surface area contributed by atoms with Crippen molar-refractivity contribution in [2.45, 2.75) is 25.3 Å². The first-order valence-electron chi connectivity index (χ1n) is 9.89. The third kappa shape index (κ3) is 3.54. The zero-order valence-corrected chi connectivity index (χ0v) is 17.2. The van der Waals surface area contributed by atoms with Crippen molar-refractivity contribution >= 4 is 33.7 Å². The van der Waals surface area contributed by atoms with Crippen LogP contribution in [-0.2, 0) is 6.54 Å². The molecule has 0 bridgehead atoms. The smallest absolute Gasteiger partial charge is 0.139 e. The molecule has 2 aromatic heterocycles. The van der Waals surface area contributed by atoms with Gasteiger partial charge in [0.1, 0.15) is 22.2 Å². The van der Waals surface area contributed by atoms with Crippen LogP contribution in [0.15, 0.2) is 24.5 Å². The number of nitrogens with zero attached hydrogens (tertiary/aromatic N) is 7. The van der Waals surface area contributed by atoms with E-state index in [0.29, 0.717) is 5.92 Å². The van der Waals surface area contributed by atoms with Crippen LogP contribution in [0.5, 0.6) is 0 Å². The highest BCUT2D eigenvalue weighted by Crippen LogP contribution is 2.41. The second-order valence-corrected chi connectivity index (χ2v) is 8.96. The Labute approximate surface area is 169 Å². The summed E-state index contributed by atoms with van der Waals surface area (Å²) in [6.45, 7) is 5.05. The van der Waals surface area contributed by atoms with Gasteiger partial charge in [-0.2, -0.15) is 0 Å². The van der Waals surface area contributed by atoms with Crippen molar-refractivity contribution in [2.75, 3.05) is 50.1 Å². The van der Waals surface area contributed by atoms with Crippen LogP contribution < -0.4 is 9.80 Å². The Bertz CT molecular complexity index is 974. The van der Waals surface area contributed by atoms with Gasteiger partial charge in [0.25, 0.3) is 0 Å². The van der Waals surface area contributed by atoms with Gasteiger partial charge in [0, 0.05) is 57.3 Å². The molecule has 1 aliphatic heterocycles. The van der Waals surface area contributed by atoms with Gasteiger partial charge < -0.3 is 9.80 Å². The van der Waals surface area contributed by atoms with Crippen LogP contribution >= 0.6 is 11.3 Å². The molecule has 28 heavy (non-hydrogen) atoms. The molecule has 8 heteroatoms. The molecule has 1 aromatic carbocycles. The summed E-state index contributed by atoms with van der Waals surface area (Å²) in [6.07, 6.45) is 4.22. The van der Waals surface area contributed by atoms with Gasteiger partial charge >= 0.3 is 0 Å². The number of piperazine rings is 1. The van der Waals surface area contributed by atoms with Gasteiger partial charge in [0.15, 0.2) is 0 Å². The first-order chi connectivity index (χ1) is 13.7. The monoisotopic (exact) mass is 395 g/mol. The van der Waals surface area contributed by atoms with Gasteiger partial charge in [-0.3, -0.25) is 4.90 Å². The van der Waals surface area contributed by atoms with E-state index in [4.69, 9.17) is 0 Å². The van der Waals surface area contributed by atoms with Gasteiger partial charge in [-0.1, -0.05) is 11.3 Å². The van der Waals surface area contributed by atoms with E-state index >= 15 is 0 Å². The second-order valence-electron chi connectivity index (χ2n) is 7.86. The number of rotatable bonds is 5. The largest absolute Gasteiger partial charge is 0.369 e. The molecule has 7 nitrogen and oxygen atoms in total. The fraction of sp³-hybridized carbons (Fsp3) is 0.500. The third-order valence-corrected chi connectivity index (χ3v) is 6.60. The molecule has 2 fully saturated rings. The van der Waals surface area contributed by atoms with E-state index in [1.54, 1.807) is 17.7 Å². The van der Waals surface area contributed by atoms with Crippen LogP contribution in [0.2, 0.25) is 0 Å². The Morgan fingerprint density at radius 2 is 1.89 bits per heavy atom. The van der Waals surface area contributed by atoms with E-state index in [-0.39, 0.29) is 0 Å². The Morgan fingerprint density at radius 1 is 1.07 bits per heavy atom. The minimum Gasteiger partial charge on any atom is -0.369 e. The Balaban J connectivity index is 1.26. The molecule has 5 rings (SSSR count). The average molecular weight is 396 g/mol. The van der Waals surface area contributed by atoms with Gasteiger partial charge in [0.05, 0.1) is 12.1 Å². The first kappa shape index (κ1) is 17.8. The zero-order chi connectivity index (χ0) is 19.1. The normalized spacial score (nSPS) is 18.0. The lowest BCUT2D eigenvalue weighted by atomic mass is 10.1. The van der Waals surface area contributed by atoms with Gasteiger partial charge in [-0.05, 0) is 31.0 Å². The standard InChI is InChI=1S/C20H25N7S/c1-25(2)19-16-11-15(5-6-17(16)21-13-22-19)27-9-7-26(8-10-27)12-18-23-24-20(28-18)14-3-4-14/h5-6,11,13-14H,3-4,7-10,12H2,1-2H3.